The lowest BCUT2D eigenvalue weighted by Gasteiger charge is -2.29. The Balaban J connectivity index is 1.51. The fraction of sp³-hybridized carbons (Fsp3) is 0.467. The third kappa shape index (κ3) is 6.64. The zero-order valence-corrected chi connectivity index (χ0v) is 22.9. The van der Waals surface area contributed by atoms with Crippen LogP contribution in [0.2, 0.25) is 0 Å². The van der Waals surface area contributed by atoms with E-state index in [0.29, 0.717) is 30.2 Å². The lowest BCUT2D eigenvalue weighted by atomic mass is 9.80. The van der Waals surface area contributed by atoms with Gasteiger partial charge in [0.25, 0.3) is 0 Å². The normalized spacial score (nSPS) is 14.3. The molecule has 7 nitrogen and oxygen atoms in total. The van der Waals surface area contributed by atoms with Crippen LogP contribution in [0.5, 0.6) is 5.88 Å². The molecule has 212 valence electrons. The van der Waals surface area contributed by atoms with E-state index in [1.165, 1.54) is 35.9 Å². The van der Waals surface area contributed by atoms with Crippen molar-refractivity contribution >= 4 is 11.7 Å². The van der Waals surface area contributed by atoms with Crippen LogP contribution >= 0.6 is 0 Å². The number of nitrogens with zero attached hydrogens (tertiary/aromatic N) is 4. The molecule has 0 aliphatic heterocycles. The van der Waals surface area contributed by atoms with E-state index >= 15 is 0 Å². The van der Waals surface area contributed by atoms with Gasteiger partial charge in [0.05, 0.1) is 30.7 Å². The van der Waals surface area contributed by atoms with Crippen molar-refractivity contribution in [2.45, 2.75) is 76.3 Å². The average Bonchev–Trinajstić information content (AvgIpc) is 3.25. The van der Waals surface area contributed by atoms with Crippen molar-refractivity contribution in [1.82, 2.24) is 14.8 Å². The number of benzene rings is 1. The van der Waals surface area contributed by atoms with Crippen LogP contribution in [0, 0.1) is 6.57 Å². The second kappa shape index (κ2) is 11.7. The van der Waals surface area contributed by atoms with Crippen molar-refractivity contribution < 1.29 is 27.8 Å². The number of hydrogen-bond acceptors (Lipinski definition) is 4. The molecule has 40 heavy (non-hydrogen) atoms. The van der Waals surface area contributed by atoms with Crippen LogP contribution in [0.3, 0.4) is 0 Å². The van der Waals surface area contributed by atoms with Crippen molar-refractivity contribution in [3.63, 3.8) is 0 Å². The SMILES string of the molecule is [C-]#[N+]c1cc(C(CC(=O)O)Cc2cc(OCCc3ccc4c(n3)CCCC4)n(C)n2)cc(C(C)(C)C(F)(F)F)c1. The molecule has 0 saturated heterocycles. The summed E-state index contributed by atoms with van der Waals surface area (Å²) in [7, 11) is 1.71. The first-order chi connectivity index (χ1) is 18.9. The summed E-state index contributed by atoms with van der Waals surface area (Å²) in [5.41, 5.74) is 2.08. The molecular formula is C30H33F3N4O3. The lowest BCUT2D eigenvalue weighted by Crippen LogP contribution is -2.36. The number of aliphatic carboxylic acids is 1. The maximum absolute atomic E-state index is 13.8. The molecule has 10 heteroatoms. The summed E-state index contributed by atoms with van der Waals surface area (Å²) in [6.45, 7) is 9.88. The smallest absolute Gasteiger partial charge is 0.397 e. The first-order valence-corrected chi connectivity index (χ1v) is 13.3. The van der Waals surface area contributed by atoms with Gasteiger partial charge in [-0.3, -0.25) is 9.78 Å². The zero-order chi connectivity index (χ0) is 29.1. The van der Waals surface area contributed by atoms with Crippen molar-refractivity contribution in [3.05, 3.63) is 81.6 Å². The van der Waals surface area contributed by atoms with Gasteiger partial charge in [-0.05, 0) is 69.1 Å². The molecule has 0 spiro atoms. The van der Waals surface area contributed by atoms with E-state index in [1.54, 1.807) is 17.8 Å². The highest BCUT2D eigenvalue weighted by atomic mass is 19.4. The molecule has 0 amide bonds. The first kappa shape index (κ1) is 29.1. The van der Waals surface area contributed by atoms with E-state index in [0.717, 1.165) is 38.8 Å². The van der Waals surface area contributed by atoms with Crippen LogP contribution < -0.4 is 4.74 Å². The van der Waals surface area contributed by atoms with Gasteiger partial charge in [-0.1, -0.05) is 29.8 Å². The van der Waals surface area contributed by atoms with Crippen molar-refractivity contribution in [2.24, 2.45) is 7.05 Å². The number of pyridine rings is 1. The number of carboxylic acids is 1. The molecular weight excluding hydrogens is 521 g/mol. The van der Waals surface area contributed by atoms with Crippen molar-refractivity contribution in [2.75, 3.05) is 6.61 Å². The minimum absolute atomic E-state index is 0.0287. The summed E-state index contributed by atoms with van der Waals surface area (Å²) in [4.78, 5) is 19.8. The van der Waals surface area contributed by atoms with Gasteiger partial charge in [-0.2, -0.15) is 18.3 Å². The Morgan fingerprint density at radius 1 is 1.15 bits per heavy atom. The van der Waals surface area contributed by atoms with Crippen molar-refractivity contribution in [1.29, 1.82) is 0 Å². The van der Waals surface area contributed by atoms with Gasteiger partial charge >= 0.3 is 12.1 Å². The number of fused-ring (bicyclic) bond motifs is 1. The fourth-order valence-corrected chi connectivity index (χ4v) is 5.00. The van der Waals surface area contributed by atoms with E-state index in [1.807, 2.05) is 6.07 Å². The molecule has 3 aromatic rings. The highest BCUT2D eigenvalue weighted by molar-refractivity contribution is 5.68. The molecule has 2 aromatic heterocycles. The van der Waals surface area contributed by atoms with Crippen LogP contribution in [-0.2, 0) is 42.9 Å². The van der Waals surface area contributed by atoms with Gasteiger partial charge in [-0.15, -0.1) is 0 Å². The predicted octanol–water partition coefficient (Wildman–Crippen LogP) is 6.51. The molecule has 1 N–H and O–H groups in total. The lowest BCUT2D eigenvalue weighted by molar-refractivity contribution is -0.180. The molecule has 0 radical (unpaired) electrons. The van der Waals surface area contributed by atoms with Gasteiger partial charge in [0.2, 0.25) is 5.88 Å². The third-order valence-corrected chi connectivity index (χ3v) is 7.58. The Bertz CT molecular complexity index is 1420. The van der Waals surface area contributed by atoms with Gasteiger partial charge in [-0.25, -0.2) is 9.53 Å². The van der Waals surface area contributed by atoms with E-state index in [4.69, 9.17) is 16.3 Å². The van der Waals surface area contributed by atoms with Crippen LogP contribution in [-0.4, -0.2) is 38.6 Å². The average molecular weight is 555 g/mol. The maximum atomic E-state index is 13.8. The summed E-state index contributed by atoms with van der Waals surface area (Å²) in [5, 5.41) is 14.0. The highest BCUT2D eigenvalue weighted by Crippen LogP contribution is 2.43. The van der Waals surface area contributed by atoms with E-state index in [-0.39, 0.29) is 24.1 Å². The van der Waals surface area contributed by atoms with E-state index in [2.05, 4.69) is 16.0 Å². The summed E-state index contributed by atoms with van der Waals surface area (Å²) < 4.78 is 48.8. The molecule has 1 unspecified atom stereocenters. The summed E-state index contributed by atoms with van der Waals surface area (Å²) in [6, 6.07) is 9.93. The van der Waals surface area contributed by atoms with Crippen LogP contribution in [0.15, 0.2) is 36.4 Å². The highest BCUT2D eigenvalue weighted by Gasteiger charge is 2.48. The molecule has 0 fully saturated rings. The number of carbonyl (C=O) groups is 1. The number of hydrogen-bond donors (Lipinski definition) is 1. The van der Waals surface area contributed by atoms with Crippen molar-refractivity contribution in [3.8, 4) is 5.88 Å². The van der Waals surface area contributed by atoms with Gasteiger partial charge < -0.3 is 9.84 Å². The number of alkyl halides is 3. The Morgan fingerprint density at radius 2 is 1.90 bits per heavy atom. The molecule has 1 atom stereocenters. The van der Waals surface area contributed by atoms with E-state index in [9.17, 15) is 23.1 Å². The maximum Gasteiger partial charge on any atom is 0.397 e. The largest absolute Gasteiger partial charge is 0.481 e. The topological polar surface area (TPSA) is 81.6 Å². The number of carboxylic acid groups (broad SMARTS) is 1. The van der Waals surface area contributed by atoms with Gasteiger partial charge in [0.15, 0.2) is 5.69 Å². The fourth-order valence-electron chi connectivity index (χ4n) is 5.00. The summed E-state index contributed by atoms with van der Waals surface area (Å²) in [5.74, 6) is -1.29. The quantitative estimate of drug-likeness (QED) is 0.289. The molecule has 1 aliphatic carbocycles. The predicted molar refractivity (Wildman–Crippen MR) is 144 cm³/mol. The number of rotatable bonds is 10. The molecule has 0 saturated carbocycles. The molecule has 2 heterocycles. The monoisotopic (exact) mass is 554 g/mol. The summed E-state index contributed by atoms with van der Waals surface area (Å²) >= 11 is 0. The number of aromatic nitrogens is 3. The van der Waals surface area contributed by atoms with Crippen LogP contribution in [0.25, 0.3) is 4.85 Å². The minimum Gasteiger partial charge on any atom is -0.481 e. The van der Waals surface area contributed by atoms with Crippen LogP contribution in [0.4, 0.5) is 18.9 Å². The minimum atomic E-state index is -4.55. The molecule has 4 rings (SSSR count). The van der Waals surface area contributed by atoms with E-state index < -0.39 is 23.5 Å². The van der Waals surface area contributed by atoms with Gasteiger partial charge in [0, 0.05) is 30.9 Å². The molecule has 1 aromatic carbocycles. The molecule has 0 bridgehead atoms. The number of halogens is 3. The third-order valence-electron chi connectivity index (χ3n) is 7.58. The second-order valence-electron chi connectivity index (χ2n) is 10.9. The van der Waals surface area contributed by atoms with Crippen LogP contribution in [0.1, 0.15) is 72.8 Å². The Morgan fingerprint density at radius 3 is 2.60 bits per heavy atom. The summed E-state index contributed by atoms with van der Waals surface area (Å²) in [6.07, 6.45) is 0.332. The number of aryl methyl sites for hydroxylation is 3. The second-order valence-corrected chi connectivity index (χ2v) is 10.9. The van der Waals surface area contributed by atoms with Gasteiger partial charge in [0.1, 0.15) is 0 Å². The zero-order valence-electron chi connectivity index (χ0n) is 22.9. The Hall–Kier alpha value is -3.87. The first-order valence-electron chi connectivity index (χ1n) is 13.3. The standard InChI is InChI=1S/C30H33F3N4O3/c1-29(2,30(31,32)33)22-13-20(14-24(17-22)34-3)21(16-28(38)39)15-25-18-27(37(4)36-25)40-12-11-23-10-9-19-7-5-6-8-26(19)35-23/h9-10,13-14,17-18,21H,5-8,11-12,15-16H2,1-2,4H3,(H,38,39). The Labute approximate surface area is 231 Å². The number of ether oxygens (including phenoxy) is 1. The Kier molecular flexibility index (Phi) is 8.52. The molecule has 1 aliphatic rings.